The van der Waals surface area contributed by atoms with E-state index in [1.54, 1.807) is 17.1 Å². The van der Waals surface area contributed by atoms with Crippen molar-refractivity contribution in [2.24, 2.45) is 0 Å². The monoisotopic (exact) mass is 462 g/mol. The molecular formula is C24H20F2N6S. The van der Waals surface area contributed by atoms with Crippen LogP contribution in [0.5, 0.6) is 0 Å². The smallest absolute Gasteiger partial charge is 0.204 e. The molecule has 0 bridgehead atoms. The van der Waals surface area contributed by atoms with E-state index in [4.69, 9.17) is 17.5 Å². The van der Waals surface area contributed by atoms with Crippen molar-refractivity contribution < 1.29 is 8.78 Å². The third-order valence-corrected chi connectivity index (χ3v) is 5.42. The van der Waals surface area contributed by atoms with E-state index in [-0.39, 0.29) is 17.1 Å². The topological polar surface area (TPSA) is 62.7 Å². The second-order valence-corrected chi connectivity index (χ2v) is 7.73. The first kappa shape index (κ1) is 22.5. The van der Waals surface area contributed by atoms with Crippen LogP contribution in [-0.4, -0.2) is 30.8 Å². The van der Waals surface area contributed by atoms with Crippen LogP contribution >= 0.6 is 12.2 Å². The number of nitrogens with zero attached hydrogens (tertiary/aromatic N) is 6. The summed E-state index contributed by atoms with van der Waals surface area (Å²) in [5, 5.41) is 13.8. The first-order valence-corrected chi connectivity index (χ1v) is 10.7. The molecule has 9 heteroatoms. The highest BCUT2D eigenvalue weighted by Gasteiger charge is 2.19. The zero-order valence-corrected chi connectivity index (χ0v) is 18.4. The highest BCUT2D eigenvalue weighted by molar-refractivity contribution is 7.71. The van der Waals surface area contributed by atoms with Crippen LogP contribution in [0.15, 0.2) is 73.1 Å². The SMILES string of the molecule is N#CCCN(Cc1cccnc1)Cn1nc(-c2ccccc2)n(-c2ccc(F)cc2F)c1=S. The number of pyridine rings is 1. The average Bonchev–Trinajstić information content (AvgIpc) is 3.14. The van der Waals surface area contributed by atoms with E-state index in [1.807, 2.05) is 47.4 Å². The van der Waals surface area contributed by atoms with Crippen molar-refractivity contribution in [1.29, 1.82) is 5.26 Å². The maximum absolute atomic E-state index is 14.7. The molecule has 0 radical (unpaired) electrons. The molecule has 33 heavy (non-hydrogen) atoms. The molecule has 2 heterocycles. The summed E-state index contributed by atoms with van der Waals surface area (Å²) < 4.78 is 31.7. The van der Waals surface area contributed by atoms with Crippen LogP contribution in [-0.2, 0) is 13.2 Å². The Balaban J connectivity index is 1.77. The van der Waals surface area contributed by atoms with Gasteiger partial charge in [-0.15, -0.1) is 5.10 Å². The Morgan fingerprint density at radius 1 is 1.06 bits per heavy atom. The van der Waals surface area contributed by atoms with Gasteiger partial charge in [-0.1, -0.05) is 36.4 Å². The summed E-state index contributed by atoms with van der Waals surface area (Å²) in [6.45, 7) is 1.31. The third-order valence-electron chi connectivity index (χ3n) is 5.02. The largest absolute Gasteiger partial charge is 0.279 e. The van der Waals surface area contributed by atoms with E-state index in [1.165, 1.54) is 16.7 Å². The second kappa shape index (κ2) is 10.3. The predicted molar refractivity (Wildman–Crippen MR) is 123 cm³/mol. The lowest BCUT2D eigenvalue weighted by molar-refractivity contribution is 0.201. The Hall–Kier alpha value is -3.74. The van der Waals surface area contributed by atoms with E-state index >= 15 is 0 Å². The molecule has 0 unspecified atom stereocenters. The molecule has 0 fully saturated rings. The number of aromatic nitrogens is 4. The summed E-state index contributed by atoms with van der Waals surface area (Å²) >= 11 is 5.68. The predicted octanol–water partition coefficient (Wildman–Crippen LogP) is 5.12. The van der Waals surface area contributed by atoms with Gasteiger partial charge in [0.2, 0.25) is 4.77 Å². The van der Waals surface area contributed by atoms with Crippen molar-refractivity contribution in [3.05, 3.63) is 95.0 Å². The highest BCUT2D eigenvalue weighted by Crippen LogP contribution is 2.25. The molecule has 166 valence electrons. The van der Waals surface area contributed by atoms with Crippen LogP contribution in [0, 0.1) is 27.7 Å². The Kier molecular flexibility index (Phi) is 6.98. The Morgan fingerprint density at radius 3 is 2.58 bits per heavy atom. The van der Waals surface area contributed by atoms with Gasteiger partial charge in [0.25, 0.3) is 0 Å². The molecule has 2 aromatic heterocycles. The average molecular weight is 463 g/mol. The molecule has 4 rings (SSSR count). The fourth-order valence-electron chi connectivity index (χ4n) is 3.50. The van der Waals surface area contributed by atoms with E-state index in [2.05, 4.69) is 16.2 Å². The lowest BCUT2D eigenvalue weighted by Crippen LogP contribution is -2.28. The molecule has 4 aromatic rings. The van der Waals surface area contributed by atoms with Gasteiger partial charge >= 0.3 is 0 Å². The number of benzene rings is 2. The van der Waals surface area contributed by atoms with Gasteiger partial charge in [0.1, 0.15) is 11.6 Å². The highest BCUT2D eigenvalue weighted by atomic mass is 32.1. The molecule has 0 amide bonds. The standard InChI is InChI=1S/C24H20F2N6S/c25-20-9-10-22(21(26)14-20)32-23(19-7-2-1-3-8-19)29-31(24(32)33)17-30(13-5-11-27)16-18-6-4-12-28-15-18/h1-4,6-10,12,14-15H,5,13,16-17H2. The fraction of sp³-hybridized carbons (Fsp3) is 0.167. The lowest BCUT2D eigenvalue weighted by atomic mass is 10.2. The Bertz CT molecular complexity index is 1330. The van der Waals surface area contributed by atoms with Crippen molar-refractivity contribution in [3.8, 4) is 23.1 Å². The van der Waals surface area contributed by atoms with E-state index in [9.17, 15) is 8.78 Å². The third kappa shape index (κ3) is 5.19. The van der Waals surface area contributed by atoms with E-state index in [0.29, 0.717) is 25.3 Å². The number of halogens is 2. The maximum Gasteiger partial charge on any atom is 0.204 e. The summed E-state index contributed by atoms with van der Waals surface area (Å²) in [5.41, 5.74) is 1.83. The van der Waals surface area contributed by atoms with Gasteiger partial charge in [-0.05, 0) is 36.0 Å². The molecule has 0 aliphatic carbocycles. The summed E-state index contributed by atoms with van der Waals surface area (Å²) in [4.78, 5) is 6.16. The second-order valence-electron chi connectivity index (χ2n) is 7.37. The van der Waals surface area contributed by atoms with Crippen LogP contribution < -0.4 is 0 Å². The first-order chi connectivity index (χ1) is 16.1. The van der Waals surface area contributed by atoms with Gasteiger partial charge in [0.05, 0.1) is 18.4 Å². The van der Waals surface area contributed by atoms with Crippen molar-refractivity contribution in [3.63, 3.8) is 0 Å². The van der Waals surface area contributed by atoms with Gasteiger partial charge < -0.3 is 0 Å². The molecule has 0 N–H and O–H groups in total. The molecule has 0 aliphatic heterocycles. The van der Waals surface area contributed by atoms with Gasteiger partial charge in [-0.2, -0.15) is 5.26 Å². The minimum Gasteiger partial charge on any atom is -0.279 e. The zero-order valence-electron chi connectivity index (χ0n) is 17.6. The van der Waals surface area contributed by atoms with Crippen LogP contribution in [0.1, 0.15) is 12.0 Å². The summed E-state index contributed by atoms with van der Waals surface area (Å²) in [6, 6.07) is 18.6. The fourth-order valence-corrected chi connectivity index (χ4v) is 3.78. The normalized spacial score (nSPS) is 11.0. The summed E-state index contributed by atoms with van der Waals surface area (Å²) in [5.74, 6) is -0.970. The van der Waals surface area contributed by atoms with E-state index in [0.717, 1.165) is 17.2 Å². The quantitative estimate of drug-likeness (QED) is 0.340. The maximum atomic E-state index is 14.7. The van der Waals surface area contributed by atoms with Crippen LogP contribution in [0.2, 0.25) is 0 Å². The lowest BCUT2D eigenvalue weighted by Gasteiger charge is -2.20. The van der Waals surface area contributed by atoms with Gasteiger partial charge in [-0.3, -0.25) is 14.5 Å². The molecule has 6 nitrogen and oxygen atoms in total. The van der Waals surface area contributed by atoms with Gasteiger partial charge in [-0.25, -0.2) is 13.5 Å². The number of rotatable bonds is 8. The van der Waals surface area contributed by atoms with Crippen LogP contribution in [0.3, 0.4) is 0 Å². The van der Waals surface area contributed by atoms with Crippen molar-refractivity contribution in [2.45, 2.75) is 19.6 Å². The van der Waals surface area contributed by atoms with Crippen LogP contribution in [0.25, 0.3) is 17.1 Å². The molecule has 2 aromatic carbocycles. The van der Waals surface area contributed by atoms with Gasteiger partial charge in [0.15, 0.2) is 5.82 Å². The Labute approximate surface area is 195 Å². The molecule has 0 saturated carbocycles. The molecule has 0 atom stereocenters. The molecular weight excluding hydrogens is 442 g/mol. The number of hydrogen-bond donors (Lipinski definition) is 0. The molecule has 0 aliphatic rings. The minimum atomic E-state index is -0.737. The summed E-state index contributed by atoms with van der Waals surface area (Å²) in [7, 11) is 0. The zero-order chi connectivity index (χ0) is 23.2. The van der Waals surface area contributed by atoms with Gasteiger partial charge in [0, 0.05) is 43.5 Å². The van der Waals surface area contributed by atoms with Crippen molar-refractivity contribution >= 4 is 12.2 Å². The first-order valence-electron chi connectivity index (χ1n) is 10.3. The minimum absolute atomic E-state index is 0.113. The number of hydrogen-bond acceptors (Lipinski definition) is 5. The molecule has 0 spiro atoms. The molecule has 0 saturated heterocycles. The van der Waals surface area contributed by atoms with Crippen molar-refractivity contribution in [2.75, 3.05) is 6.54 Å². The van der Waals surface area contributed by atoms with Crippen molar-refractivity contribution in [1.82, 2.24) is 24.2 Å². The summed E-state index contributed by atoms with van der Waals surface area (Å²) in [6.07, 6.45) is 3.79. The van der Waals surface area contributed by atoms with Crippen LogP contribution in [0.4, 0.5) is 8.78 Å². The van der Waals surface area contributed by atoms with E-state index < -0.39 is 11.6 Å². The number of nitriles is 1. The Morgan fingerprint density at radius 2 is 1.88 bits per heavy atom.